The molecule has 0 aromatic heterocycles. The summed E-state index contributed by atoms with van der Waals surface area (Å²) in [7, 11) is 0. The van der Waals surface area contributed by atoms with Crippen molar-refractivity contribution in [1.82, 2.24) is 0 Å². The van der Waals surface area contributed by atoms with Crippen LogP contribution in [0, 0.1) is 0 Å². The molecule has 1 atom stereocenters. The Bertz CT molecular complexity index is 443. The first-order valence-electron chi connectivity index (χ1n) is 5.15. The minimum atomic E-state index is -0.489. The number of alkyl halides is 1. The highest BCUT2D eigenvalue weighted by Crippen LogP contribution is 2.19. The smallest absolute Gasteiger partial charge is 0.338 e. The molecule has 3 nitrogen and oxygen atoms in total. The van der Waals surface area contributed by atoms with Crippen LogP contribution < -0.4 is 0 Å². The van der Waals surface area contributed by atoms with E-state index in [1.54, 1.807) is 32.0 Å². The van der Waals surface area contributed by atoms with Crippen molar-refractivity contribution in [2.45, 2.75) is 23.6 Å². The van der Waals surface area contributed by atoms with Crippen molar-refractivity contribution < 1.29 is 14.3 Å². The van der Waals surface area contributed by atoms with Crippen LogP contribution >= 0.6 is 28.6 Å². The number of halogens is 1. The zero-order valence-corrected chi connectivity index (χ0v) is 12.0. The lowest BCUT2D eigenvalue weighted by molar-refractivity contribution is 0.0523. The number of Topliss-reactive ketones (excluding diaryl/α,β-unsaturated/α-hetero) is 1. The van der Waals surface area contributed by atoms with Crippen LogP contribution in [-0.4, -0.2) is 23.2 Å². The molecule has 0 N–H and O–H groups in total. The number of ketones is 1. The van der Waals surface area contributed by atoms with Gasteiger partial charge in [-0.25, -0.2) is 4.79 Å². The van der Waals surface area contributed by atoms with Gasteiger partial charge in [-0.2, -0.15) is 0 Å². The van der Waals surface area contributed by atoms with Gasteiger partial charge in [-0.05, 0) is 32.0 Å². The number of thiol groups is 1. The molecule has 0 aliphatic heterocycles. The third-order valence-corrected chi connectivity index (χ3v) is 2.82. The number of esters is 1. The van der Waals surface area contributed by atoms with Crippen molar-refractivity contribution >= 4 is 40.3 Å². The molecular weight excluding hydrogens is 304 g/mol. The van der Waals surface area contributed by atoms with E-state index in [2.05, 4.69) is 28.6 Å². The summed E-state index contributed by atoms with van der Waals surface area (Å²) in [4.78, 5) is 23.9. The SMILES string of the molecule is CCOC(=O)c1ccc(S)cc1C(=O)C(C)Br. The molecule has 0 saturated carbocycles. The van der Waals surface area contributed by atoms with Crippen molar-refractivity contribution in [2.24, 2.45) is 0 Å². The van der Waals surface area contributed by atoms with E-state index >= 15 is 0 Å². The average Bonchev–Trinajstić information content (AvgIpc) is 2.28. The van der Waals surface area contributed by atoms with E-state index in [-0.39, 0.29) is 22.8 Å². The first-order valence-corrected chi connectivity index (χ1v) is 6.52. The number of ether oxygens (including phenoxy) is 1. The van der Waals surface area contributed by atoms with E-state index in [0.717, 1.165) is 0 Å². The maximum Gasteiger partial charge on any atom is 0.338 e. The molecule has 1 aromatic carbocycles. The third kappa shape index (κ3) is 3.57. The molecule has 0 fully saturated rings. The van der Waals surface area contributed by atoms with Gasteiger partial charge in [0.15, 0.2) is 5.78 Å². The molecule has 0 radical (unpaired) electrons. The summed E-state index contributed by atoms with van der Waals surface area (Å²) in [5.74, 6) is -0.652. The largest absolute Gasteiger partial charge is 0.462 e. The lowest BCUT2D eigenvalue weighted by Crippen LogP contribution is -2.16. The van der Waals surface area contributed by atoms with Gasteiger partial charge >= 0.3 is 5.97 Å². The predicted octanol–water partition coefficient (Wildman–Crippen LogP) is 3.12. The van der Waals surface area contributed by atoms with Gasteiger partial charge in [0.1, 0.15) is 0 Å². The van der Waals surface area contributed by atoms with Gasteiger partial charge in [0.2, 0.25) is 0 Å². The Morgan fingerprint density at radius 1 is 1.41 bits per heavy atom. The summed E-state index contributed by atoms with van der Waals surface area (Å²) in [6, 6.07) is 4.80. The molecule has 0 spiro atoms. The second kappa shape index (κ2) is 6.21. The van der Waals surface area contributed by atoms with Crippen LogP contribution in [0.2, 0.25) is 0 Å². The Kier molecular flexibility index (Phi) is 5.21. The van der Waals surface area contributed by atoms with Crippen molar-refractivity contribution in [3.63, 3.8) is 0 Å². The number of hydrogen-bond acceptors (Lipinski definition) is 4. The van der Waals surface area contributed by atoms with Crippen molar-refractivity contribution in [3.05, 3.63) is 29.3 Å². The fraction of sp³-hybridized carbons (Fsp3) is 0.333. The number of carbonyl (C=O) groups is 2. The fourth-order valence-corrected chi connectivity index (χ4v) is 1.79. The van der Waals surface area contributed by atoms with E-state index in [1.807, 2.05) is 0 Å². The van der Waals surface area contributed by atoms with E-state index in [4.69, 9.17) is 4.74 Å². The second-order valence-corrected chi connectivity index (χ2v) is 5.32. The third-order valence-electron chi connectivity index (χ3n) is 2.13. The number of rotatable bonds is 4. The van der Waals surface area contributed by atoms with Crippen LogP contribution in [0.1, 0.15) is 34.6 Å². The number of hydrogen-bond donors (Lipinski definition) is 1. The first kappa shape index (κ1) is 14.3. The van der Waals surface area contributed by atoms with E-state index in [1.165, 1.54) is 0 Å². The zero-order chi connectivity index (χ0) is 13.0. The quantitative estimate of drug-likeness (QED) is 0.402. The molecule has 0 aliphatic rings. The first-order chi connectivity index (χ1) is 7.97. The highest BCUT2D eigenvalue weighted by molar-refractivity contribution is 9.10. The van der Waals surface area contributed by atoms with Gasteiger partial charge in [-0.1, -0.05) is 15.9 Å². The summed E-state index contributed by atoms with van der Waals surface area (Å²) in [5, 5.41) is 0. The molecule has 1 aromatic rings. The molecule has 0 bridgehead atoms. The van der Waals surface area contributed by atoms with E-state index in [9.17, 15) is 9.59 Å². The van der Waals surface area contributed by atoms with Crippen LogP contribution in [0.4, 0.5) is 0 Å². The molecule has 92 valence electrons. The summed E-state index contributed by atoms with van der Waals surface area (Å²) >= 11 is 7.36. The van der Waals surface area contributed by atoms with Crippen LogP contribution in [0.5, 0.6) is 0 Å². The average molecular weight is 317 g/mol. The van der Waals surface area contributed by atoms with Gasteiger partial charge in [0.25, 0.3) is 0 Å². The van der Waals surface area contributed by atoms with Crippen molar-refractivity contribution in [2.75, 3.05) is 6.61 Å². The molecule has 1 rings (SSSR count). The molecule has 0 saturated heterocycles. The molecule has 0 amide bonds. The molecule has 5 heteroatoms. The summed E-state index contributed by atoms with van der Waals surface area (Å²) in [6.45, 7) is 3.71. The number of benzene rings is 1. The minimum absolute atomic E-state index is 0.163. The Morgan fingerprint density at radius 2 is 2.06 bits per heavy atom. The molecular formula is C12H13BrO3S. The summed E-state index contributed by atoms with van der Waals surface area (Å²) in [5.41, 5.74) is 0.612. The predicted molar refractivity (Wildman–Crippen MR) is 72.4 cm³/mol. The van der Waals surface area contributed by atoms with Gasteiger partial charge < -0.3 is 4.74 Å². The lowest BCUT2D eigenvalue weighted by atomic mass is 10.0. The van der Waals surface area contributed by atoms with E-state index < -0.39 is 5.97 Å². The van der Waals surface area contributed by atoms with Gasteiger partial charge in [0.05, 0.1) is 17.0 Å². The van der Waals surface area contributed by atoms with Crippen molar-refractivity contribution in [1.29, 1.82) is 0 Å². The topological polar surface area (TPSA) is 43.4 Å². The summed E-state index contributed by atoms with van der Waals surface area (Å²) < 4.78 is 4.91. The van der Waals surface area contributed by atoms with Crippen LogP contribution in [0.15, 0.2) is 23.1 Å². The molecule has 0 heterocycles. The fourth-order valence-electron chi connectivity index (χ4n) is 1.34. The highest BCUT2D eigenvalue weighted by atomic mass is 79.9. The van der Waals surface area contributed by atoms with Gasteiger partial charge in [0, 0.05) is 10.5 Å². The Labute approximate surface area is 114 Å². The van der Waals surface area contributed by atoms with Gasteiger partial charge in [-0.15, -0.1) is 12.6 Å². The normalized spacial score (nSPS) is 12.0. The standard InChI is InChI=1S/C12H13BrO3S/c1-3-16-12(15)9-5-4-8(17)6-10(9)11(14)7(2)13/h4-7,17H,3H2,1-2H3. The summed E-state index contributed by atoms with van der Waals surface area (Å²) in [6.07, 6.45) is 0. The maximum atomic E-state index is 11.9. The van der Waals surface area contributed by atoms with Crippen LogP contribution in [-0.2, 0) is 4.74 Å². The number of carbonyl (C=O) groups excluding carboxylic acids is 2. The minimum Gasteiger partial charge on any atom is -0.462 e. The Balaban J connectivity index is 3.21. The van der Waals surface area contributed by atoms with Gasteiger partial charge in [-0.3, -0.25) is 4.79 Å². The highest BCUT2D eigenvalue weighted by Gasteiger charge is 2.21. The Morgan fingerprint density at radius 3 is 2.59 bits per heavy atom. The molecule has 0 aliphatic carbocycles. The molecule has 1 unspecified atom stereocenters. The zero-order valence-electron chi connectivity index (χ0n) is 9.57. The second-order valence-electron chi connectivity index (χ2n) is 3.43. The maximum absolute atomic E-state index is 11.9. The van der Waals surface area contributed by atoms with E-state index in [0.29, 0.717) is 10.5 Å². The van der Waals surface area contributed by atoms with Crippen molar-refractivity contribution in [3.8, 4) is 0 Å². The van der Waals surface area contributed by atoms with Crippen LogP contribution in [0.3, 0.4) is 0 Å². The lowest BCUT2D eigenvalue weighted by Gasteiger charge is -2.10. The Hall–Kier alpha value is -0.810. The molecule has 17 heavy (non-hydrogen) atoms. The monoisotopic (exact) mass is 316 g/mol. The van der Waals surface area contributed by atoms with Crippen LogP contribution in [0.25, 0.3) is 0 Å².